The zero-order valence-corrected chi connectivity index (χ0v) is 12.0. The standard InChI is InChI=1S/C13H20FNO3S/c1-3-11(14)5-4-10-15-19(16,17)13-8-6-12(18-2)7-9-13/h6-9,11,15H,3-5,10H2,1-2H3. The van der Waals surface area contributed by atoms with Crippen molar-refractivity contribution in [2.75, 3.05) is 13.7 Å². The fourth-order valence-electron chi connectivity index (χ4n) is 1.57. The minimum absolute atomic E-state index is 0.181. The van der Waals surface area contributed by atoms with E-state index in [1.807, 2.05) is 0 Å². The van der Waals surface area contributed by atoms with E-state index in [0.717, 1.165) is 0 Å². The molecule has 0 fully saturated rings. The van der Waals surface area contributed by atoms with Gasteiger partial charge in [0.15, 0.2) is 0 Å². The Kier molecular flexibility index (Phi) is 6.24. The summed E-state index contributed by atoms with van der Waals surface area (Å²) in [5.41, 5.74) is 0. The molecule has 0 aliphatic heterocycles. The molecule has 0 aliphatic carbocycles. The molecule has 1 aromatic rings. The molecule has 0 spiro atoms. The Hall–Kier alpha value is -1.14. The average molecular weight is 289 g/mol. The third-order valence-corrected chi connectivity index (χ3v) is 4.28. The van der Waals surface area contributed by atoms with Crippen LogP contribution < -0.4 is 9.46 Å². The van der Waals surface area contributed by atoms with Gasteiger partial charge in [0.25, 0.3) is 0 Å². The van der Waals surface area contributed by atoms with Crippen LogP contribution in [-0.4, -0.2) is 28.2 Å². The molecule has 19 heavy (non-hydrogen) atoms. The van der Waals surface area contributed by atoms with E-state index in [-0.39, 0.29) is 11.4 Å². The highest BCUT2D eigenvalue weighted by Crippen LogP contribution is 2.15. The molecule has 1 rings (SSSR count). The number of rotatable bonds is 8. The lowest BCUT2D eigenvalue weighted by molar-refractivity contribution is 0.300. The molecular formula is C13H20FNO3S. The molecule has 0 heterocycles. The molecule has 1 atom stereocenters. The van der Waals surface area contributed by atoms with Gasteiger partial charge < -0.3 is 4.74 Å². The Bertz CT molecular complexity index is 473. The highest BCUT2D eigenvalue weighted by atomic mass is 32.2. The summed E-state index contributed by atoms with van der Waals surface area (Å²) in [7, 11) is -2.00. The van der Waals surface area contributed by atoms with E-state index in [4.69, 9.17) is 4.74 Å². The summed E-state index contributed by atoms with van der Waals surface area (Å²) in [6.07, 6.45) is 0.475. The zero-order valence-electron chi connectivity index (χ0n) is 11.2. The smallest absolute Gasteiger partial charge is 0.240 e. The molecule has 1 N–H and O–H groups in total. The Morgan fingerprint density at radius 3 is 2.47 bits per heavy atom. The summed E-state index contributed by atoms with van der Waals surface area (Å²) in [6, 6.07) is 6.13. The van der Waals surface area contributed by atoms with Crippen molar-refractivity contribution in [1.29, 1.82) is 0 Å². The van der Waals surface area contributed by atoms with Gasteiger partial charge in [-0.2, -0.15) is 0 Å². The van der Waals surface area contributed by atoms with Crippen LogP contribution in [0.1, 0.15) is 26.2 Å². The second-order valence-corrected chi connectivity index (χ2v) is 5.99. The number of hydrogen-bond acceptors (Lipinski definition) is 3. The normalized spacial score (nSPS) is 13.2. The fraction of sp³-hybridized carbons (Fsp3) is 0.538. The molecule has 0 aromatic heterocycles. The Labute approximate surface area is 114 Å². The molecule has 0 radical (unpaired) electrons. The molecule has 6 heteroatoms. The number of nitrogens with one attached hydrogen (secondary N) is 1. The summed E-state index contributed by atoms with van der Waals surface area (Å²) >= 11 is 0. The summed E-state index contributed by atoms with van der Waals surface area (Å²) in [5.74, 6) is 0.599. The maximum atomic E-state index is 13.0. The van der Waals surface area contributed by atoms with Gasteiger partial charge in [-0.25, -0.2) is 17.5 Å². The van der Waals surface area contributed by atoms with Crippen LogP contribution in [0.3, 0.4) is 0 Å². The second kappa shape index (κ2) is 7.45. The Morgan fingerprint density at radius 2 is 1.95 bits per heavy atom. The number of sulfonamides is 1. The van der Waals surface area contributed by atoms with Crippen molar-refractivity contribution in [1.82, 2.24) is 4.72 Å². The number of methoxy groups -OCH3 is 1. The average Bonchev–Trinajstić information content (AvgIpc) is 2.43. The van der Waals surface area contributed by atoms with E-state index in [0.29, 0.717) is 25.0 Å². The first-order chi connectivity index (χ1) is 8.99. The number of alkyl halides is 1. The number of halogens is 1. The van der Waals surface area contributed by atoms with Crippen LogP contribution in [0.5, 0.6) is 5.75 Å². The van der Waals surface area contributed by atoms with E-state index in [1.54, 1.807) is 19.1 Å². The van der Waals surface area contributed by atoms with Crippen molar-refractivity contribution in [3.05, 3.63) is 24.3 Å². The fourth-order valence-corrected chi connectivity index (χ4v) is 2.65. The lowest BCUT2D eigenvalue weighted by atomic mass is 10.2. The SMILES string of the molecule is CCC(F)CCCNS(=O)(=O)c1ccc(OC)cc1. The van der Waals surface area contributed by atoms with Crippen molar-refractivity contribution in [2.24, 2.45) is 0 Å². The highest BCUT2D eigenvalue weighted by Gasteiger charge is 2.13. The van der Waals surface area contributed by atoms with Gasteiger partial charge in [-0.05, 0) is 43.5 Å². The van der Waals surface area contributed by atoms with E-state index in [9.17, 15) is 12.8 Å². The quantitative estimate of drug-likeness (QED) is 0.748. The number of hydrogen-bond donors (Lipinski definition) is 1. The van der Waals surface area contributed by atoms with Gasteiger partial charge in [0.2, 0.25) is 10.0 Å². The van der Waals surface area contributed by atoms with Gasteiger partial charge >= 0.3 is 0 Å². The van der Waals surface area contributed by atoms with Crippen molar-refractivity contribution in [3.63, 3.8) is 0 Å². The minimum atomic E-state index is -3.52. The molecular weight excluding hydrogens is 269 g/mol. The molecule has 0 aliphatic rings. The van der Waals surface area contributed by atoms with E-state index in [1.165, 1.54) is 19.2 Å². The van der Waals surface area contributed by atoms with Crippen LogP contribution in [0, 0.1) is 0 Å². The monoisotopic (exact) mass is 289 g/mol. The van der Waals surface area contributed by atoms with E-state index < -0.39 is 16.2 Å². The maximum absolute atomic E-state index is 13.0. The van der Waals surface area contributed by atoms with Gasteiger partial charge in [0.05, 0.1) is 18.2 Å². The molecule has 0 amide bonds. The highest BCUT2D eigenvalue weighted by molar-refractivity contribution is 7.89. The summed E-state index contributed by atoms with van der Waals surface area (Å²) in [5, 5.41) is 0. The summed E-state index contributed by atoms with van der Waals surface area (Å²) in [6.45, 7) is 2.01. The predicted octanol–water partition coefficient (Wildman–Crippen LogP) is 2.50. The second-order valence-electron chi connectivity index (χ2n) is 4.22. The van der Waals surface area contributed by atoms with Gasteiger partial charge in [-0.15, -0.1) is 0 Å². The van der Waals surface area contributed by atoms with Crippen LogP contribution in [-0.2, 0) is 10.0 Å². The van der Waals surface area contributed by atoms with Crippen LogP contribution in [0.25, 0.3) is 0 Å². The first-order valence-corrected chi connectivity index (χ1v) is 7.75. The van der Waals surface area contributed by atoms with Gasteiger partial charge in [0, 0.05) is 6.54 Å². The molecule has 4 nitrogen and oxygen atoms in total. The van der Waals surface area contributed by atoms with Crippen LogP contribution >= 0.6 is 0 Å². The first kappa shape index (κ1) is 15.9. The molecule has 0 saturated heterocycles. The Morgan fingerprint density at radius 1 is 1.32 bits per heavy atom. The maximum Gasteiger partial charge on any atom is 0.240 e. The first-order valence-electron chi connectivity index (χ1n) is 6.27. The topological polar surface area (TPSA) is 55.4 Å². The van der Waals surface area contributed by atoms with Crippen LogP contribution in [0.15, 0.2) is 29.2 Å². The van der Waals surface area contributed by atoms with Crippen molar-refractivity contribution < 1.29 is 17.5 Å². The summed E-state index contributed by atoms with van der Waals surface area (Å²) in [4.78, 5) is 0.181. The van der Waals surface area contributed by atoms with Gasteiger partial charge in [0.1, 0.15) is 5.75 Å². The Balaban J connectivity index is 2.51. The molecule has 0 bridgehead atoms. The van der Waals surface area contributed by atoms with Gasteiger partial charge in [-0.1, -0.05) is 6.92 Å². The number of benzene rings is 1. The third-order valence-electron chi connectivity index (χ3n) is 2.80. The van der Waals surface area contributed by atoms with Crippen LogP contribution in [0.4, 0.5) is 4.39 Å². The number of ether oxygens (including phenoxy) is 1. The van der Waals surface area contributed by atoms with Crippen molar-refractivity contribution in [2.45, 2.75) is 37.3 Å². The summed E-state index contributed by atoms with van der Waals surface area (Å²) < 4.78 is 44.2. The lowest BCUT2D eigenvalue weighted by Crippen LogP contribution is -2.25. The molecule has 1 unspecified atom stereocenters. The van der Waals surface area contributed by atoms with Crippen LogP contribution in [0.2, 0.25) is 0 Å². The molecule has 0 saturated carbocycles. The van der Waals surface area contributed by atoms with Crippen molar-refractivity contribution >= 4 is 10.0 Å². The minimum Gasteiger partial charge on any atom is -0.497 e. The predicted molar refractivity (Wildman–Crippen MR) is 72.6 cm³/mol. The molecule has 1 aromatic carbocycles. The lowest BCUT2D eigenvalue weighted by Gasteiger charge is -2.08. The van der Waals surface area contributed by atoms with E-state index in [2.05, 4.69) is 4.72 Å². The van der Waals surface area contributed by atoms with E-state index >= 15 is 0 Å². The zero-order chi connectivity index (χ0) is 14.3. The largest absolute Gasteiger partial charge is 0.497 e. The third kappa shape index (κ3) is 5.16. The van der Waals surface area contributed by atoms with Gasteiger partial charge in [-0.3, -0.25) is 0 Å². The van der Waals surface area contributed by atoms with Crippen molar-refractivity contribution in [3.8, 4) is 5.75 Å². The molecule has 108 valence electrons.